The lowest BCUT2D eigenvalue weighted by Gasteiger charge is -2.19. The molecule has 1 heterocycles. The van der Waals surface area contributed by atoms with Gasteiger partial charge in [0, 0.05) is 17.9 Å². The van der Waals surface area contributed by atoms with Crippen molar-refractivity contribution in [3.05, 3.63) is 35.2 Å². The maximum Gasteiger partial charge on any atom is 0.0543 e. The lowest BCUT2D eigenvalue weighted by atomic mass is 9.99. The molecular weight excluding hydrogens is 242 g/mol. The van der Waals surface area contributed by atoms with Crippen molar-refractivity contribution in [3.63, 3.8) is 0 Å². The first-order chi connectivity index (χ1) is 8.76. The number of ether oxygens (including phenoxy) is 1. The molecule has 18 heavy (non-hydrogen) atoms. The fraction of sp³-hybridized carbons (Fsp3) is 0.467. The van der Waals surface area contributed by atoms with E-state index in [4.69, 9.17) is 4.74 Å². The Balaban J connectivity index is 2.19. The second-order valence-electron chi connectivity index (χ2n) is 4.65. The Bertz CT molecular complexity index is 494. The minimum absolute atomic E-state index is 0.323. The number of fused-ring (bicyclic) bond motifs is 1. The Hall–Kier alpha value is -0.900. The molecule has 2 aromatic rings. The molecule has 0 saturated carbocycles. The van der Waals surface area contributed by atoms with Gasteiger partial charge in [-0.2, -0.15) is 0 Å². The number of thiophene rings is 1. The van der Waals surface area contributed by atoms with Gasteiger partial charge in [0.25, 0.3) is 0 Å². The summed E-state index contributed by atoms with van der Waals surface area (Å²) in [7, 11) is 3.81. The van der Waals surface area contributed by atoms with Crippen LogP contribution in [-0.2, 0) is 4.74 Å². The summed E-state index contributed by atoms with van der Waals surface area (Å²) in [6, 6.07) is 9.16. The van der Waals surface area contributed by atoms with E-state index in [9.17, 15) is 0 Å². The zero-order valence-corrected chi connectivity index (χ0v) is 12.1. The second-order valence-corrected chi connectivity index (χ2v) is 5.57. The number of hydrogen-bond acceptors (Lipinski definition) is 3. The van der Waals surface area contributed by atoms with Crippen molar-refractivity contribution in [3.8, 4) is 0 Å². The quantitative estimate of drug-likeness (QED) is 0.851. The largest absolute Gasteiger partial charge is 0.382 e. The van der Waals surface area contributed by atoms with Crippen molar-refractivity contribution in [2.45, 2.75) is 31.9 Å². The normalized spacial score (nSPS) is 14.8. The number of methoxy groups -OCH3 is 1. The third-order valence-electron chi connectivity index (χ3n) is 3.50. The molecule has 0 fully saturated rings. The maximum atomic E-state index is 5.33. The first kappa shape index (κ1) is 13.5. The van der Waals surface area contributed by atoms with Crippen molar-refractivity contribution in [1.29, 1.82) is 0 Å². The molecule has 1 aromatic carbocycles. The topological polar surface area (TPSA) is 21.3 Å². The highest BCUT2D eigenvalue weighted by Gasteiger charge is 2.14. The van der Waals surface area contributed by atoms with Crippen LogP contribution in [0.5, 0.6) is 0 Å². The van der Waals surface area contributed by atoms with Gasteiger partial charge in [-0.15, -0.1) is 11.3 Å². The number of hydrogen-bond donors (Lipinski definition) is 1. The average molecular weight is 263 g/mol. The molecule has 98 valence electrons. The van der Waals surface area contributed by atoms with Gasteiger partial charge in [0.2, 0.25) is 0 Å². The van der Waals surface area contributed by atoms with E-state index in [1.54, 1.807) is 7.11 Å². The second kappa shape index (κ2) is 6.32. The van der Waals surface area contributed by atoms with E-state index in [1.165, 1.54) is 15.6 Å². The van der Waals surface area contributed by atoms with Crippen molar-refractivity contribution >= 4 is 21.4 Å². The minimum Gasteiger partial charge on any atom is -0.382 e. The Kier molecular flexibility index (Phi) is 4.75. The Morgan fingerprint density at radius 2 is 2.11 bits per heavy atom. The summed E-state index contributed by atoms with van der Waals surface area (Å²) in [6.07, 6.45) is 2.50. The average Bonchev–Trinajstić information content (AvgIpc) is 2.88. The van der Waals surface area contributed by atoms with E-state index in [0.717, 1.165) is 12.8 Å². The van der Waals surface area contributed by atoms with E-state index >= 15 is 0 Å². The molecule has 1 aromatic heterocycles. The van der Waals surface area contributed by atoms with Gasteiger partial charge >= 0.3 is 0 Å². The molecule has 2 atom stereocenters. The van der Waals surface area contributed by atoms with E-state index in [2.05, 4.69) is 41.9 Å². The third kappa shape index (κ3) is 2.91. The van der Waals surface area contributed by atoms with Crippen LogP contribution in [0.25, 0.3) is 10.1 Å². The molecule has 2 rings (SSSR count). The predicted molar refractivity (Wildman–Crippen MR) is 79.3 cm³/mol. The summed E-state index contributed by atoms with van der Waals surface area (Å²) in [5, 5.41) is 6.94. The first-order valence-electron chi connectivity index (χ1n) is 6.42. The van der Waals surface area contributed by atoms with Gasteiger partial charge < -0.3 is 10.1 Å². The van der Waals surface area contributed by atoms with E-state index in [-0.39, 0.29) is 0 Å². The molecule has 0 radical (unpaired) electrons. The van der Waals surface area contributed by atoms with E-state index in [1.807, 2.05) is 18.4 Å². The molecular formula is C15H21NOS. The minimum atomic E-state index is 0.323. The van der Waals surface area contributed by atoms with Gasteiger partial charge in [0.1, 0.15) is 0 Å². The van der Waals surface area contributed by atoms with Crippen LogP contribution in [0.15, 0.2) is 29.6 Å². The van der Waals surface area contributed by atoms with Crippen LogP contribution in [0.4, 0.5) is 0 Å². The van der Waals surface area contributed by atoms with Crippen molar-refractivity contribution in [1.82, 2.24) is 5.32 Å². The maximum absolute atomic E-state index is 5.33. The molecule has 0 aliphatic heterocycles. The first-order valence-corrected chi connectivity index (χ1v) is 7.30. The highest BCUT2D eigenvalue weighted by Crippen LogP contribution is 2.31. The van der Waals surface area contributed by atoms with Crippen molar-refractivity contribution in [2.24, 2.45) is 0 Å². The molecule has 3 heteroatoms. The molecule has 2 unspecified atom stereocenters. The number of rotatable bonds is 6. The Morgan fingerprint density at radius 1 is 1.28 bits per heavy atom. The van der Waals surface area contributed by atoms with Crippen LogP contribution < -0.4 is 5.32 Å². The molecule has 0 aliphatic rings. The van der Waals surface area contributed by atoms with Crippen LogP contribution in [0, 0.1) is 0 Å². The van der Waals surface area contributed by atoms with Crippen molar-refractivity contribution < 1.29 is 4.74 Å². The standard InChI is InChI=1S/C15H21NOS/c1-11(17-3)7-8-14(16-2)13-6-4-5-12-9-10-18-15(12)13/h4-6,9-11,14,16H,7-8H2,1-3H3. The smallest absolute Gasteiger partial charge is 0.0543 e. The molecule has 0 saturated heterocycles. The molecule has 1 N–H and O–H groups in total. The number of benzene rings is 1. The summed E-state index contributed by atoms with van der Waals surface area (Å²) < 4.78 is 6.73. The third-order valence-corrected chi connectivity index (χ3v) is 4.48. The van der Waals surface area contributed by atoms with E-state index < -0.39 is 0 Å². The Morgan fingerprint density at radius 3 is 2.83 bits per heavy atom. The molecule has 0 spiro atoms. The summed E-state index contributed by atoms with van der Waals surface area (Å²) >= 11 is 1.83. The highest BCUT2D eigenvalue weighted by molar-refractivity contribution is 7.17. The summed E-state index contributed by atoms with van der Waals surface area (Å²) in [6.45, 7) is 2.12. The fourth-order valence-electron chi connectivity index (χ4n) is 2.27. The number of nitrogens with one attached hydrogen (secondary N) is 1. The van der Waals surface area contributed by atoms with Gasteiger partial charge in [-0.05, 0) is 49.2 Å². The molecule has 0 aliphatic carbocycles. The van der Waals surface area contributed by atoms with Crippen LogP contribution in [0.2, 0.25) is 0 Å². The van der Waals surface area contributed by atoms with Crippen LogP contribution in [0.1, 0.15) is 31.4 Å². The SMILES string of the molecule is CNC(CCC(C)OC)c1cccc2ccsc12. The van der Waals surface area contributed by atoms with Gasteiger partial charge in [0.05, 0.1) is 6.10 Å². The molecule has 0 amide bonds. The van der Waals surface area contributed by atoms with Gasteiger partial charge in [-0.1, -0.05) is 18.2 Å². The highest BCUT2D eigenvalue weighted by atomic mass is 32.1. The van der Waals surface area contributed by atoms with Crippen LogP contribution >= 0.6 is 11.3 Å². The van der Waals surface area contributed by atoms with Gasteiger partial charge in [-0.25, -0.2) is 0 Å². The summed E-state index contributed by atoms with van der Waals surface area (Å²) in [4.78, 5) is 0. The molecule has 2 nitrogen and oxygen atoms in total. The zero-order valence-electron chi connectivity index (χ0n) is 11.3. The van der Waals surface area contributed by atoms with Gasteiger partial charge in [-0.3, -0.25) is 0 Å². The fourth-order valence-corrected chi connectivity index (χ4v) is 3.23. The molecule has 0 bridgehead atoms. The summed E-state index contributed by atoms with van der Waals surface area (Å²) in [5.74, 6) is 0. The van der Waals surface area contributed by atoms with Crippen LogP contribution in [0.3, 0.4) is 0 Å². The predicted octanol–water partition coefficient (Wildman–Crippen LogP) is 3.98. The lowest BCUT2D eigenvalue weighted by Crippen LogP contribution is -2.18. The monoisotopic (exact) mass is 263 g/mol. The van der Waals surface area contributed by atoms with Crippen molar-refractivity contribution in [2.75, 3.05) is 14.2 Å². The summed E-state index contributed by atoms with van der Waals surface area (Å²) in [5.41, 5.74) is 1.41. The van der Waals surface area contributed by atoms with Gasteiger partial charge in [0.15, 0.2) is 0 Å². The van der Waals surface area contributed by atoms with Crippen LogP contribution in [-0.4, -0.2) is 20.3 Å². The zero-order chi connectivity index (χ0) is 13.0. The van der Waals surface area contributed by atoms with E-state index in [0.29, 0.717) is 12.1 Å². The Labute approximate surface area is 113 Å². The lowest BCUT2D eigenvalue weighted by molar-refractivity contribution is 0.106.